The maximum atomic E-state index is 4.96. The van der Waals surface area contributed by atoms with Gasteiger partial charge in [0.05, 0.1) is 5.52 Å². The number of hydrogen-bond donors (Lipinski definition) is 1. The predicted molar refractivity (Wildman–Crippen MR) is 91.9 cm³/mol. The molecule has 1 aromatic carbocycles. The van der Waals surface area contributed by atoms with Gasteiger partial charge in [-0.05, 0) is 42.0 Å². The Morgan fingerprint density at radius 1 is 1.10 bits per heavy atom. The first kappa shape index (κ1) is 16.0. The number of hydrogen-bond acceptors (Lipinski definition) is 2. The summed E-state index contributed by atoms with van der Waals surface area (Å²) in [6.45, 7) is 13.1. The van der Waals surface area contributed by atoms with Crippen LogP contribution in [0.3, 0.4) is 0 Å². The molecule has 0 spiro atoms. The van der Waals surface area contributed by atoms with Gasteiger partial charge in [0.25, 0.3) is 0 Å². The van der Waals surface area contributed by atoms with E-state index in [4.69, 9.17) is 4.98 Å². The fraction of sp³-hybridized carbons (Fsp3) is 0.526. The highest BCUT2D eigenvalue weighted by atomic mass is 14.8. The second kappa shape index (κ2) is 7.04. The molecule has 0 saturated carbocycles. The lowest BCUT2D eigenvalue weighted by Gasteiger charge is -2.16. The van der Waals surface area contributed by atoms with E-state index < -0.39 is 0 Å². The molecule has 2 aromatic rings. The van der Waals surface area contributed by atoms with Gasteiger partial charge in [-0.1, -0.05) is 52.8 Å². The normalized spacial score (nSPS) is 11.8. The summed E-state index contributed by atoms with van der Waals surface area (Å²) in [7, 11) is 0. The summed E-state index contributed by atoms with van der Waals surface area (Å²) in [6, 6.07) is 8.87. The monoisotopic (exact) mass is 284 g/mol. The van der Waals surface area contributed by atoms with E-state index in [2.05, 4.69) is 64.2 Å². The van der Waals surface area contributed by atoms with Gasteiger partial charge in [0.1, 0.15) is 0 Å². The van der Waals surface area contributed by atoms with E-state index >= 15 is 0 Å². The SMILES string of the molecule is CCCNCc1cc(C(C)C)nc2c(C(C)C)cccc12. The Hall–Kier alpha value is -1.41. The van der Waals surface area contributed by atoms with Gasteiger partial charge >= 0.3 is 0 Å². The molecule has 114 valence electrons. The van der Waals surface area contributed by atoms with Crippen LogP contribution in [0, 0.1) is 0 Å². The number of nitrogens with zero attached hydrogens (tertiary/aromatic N) is 1. The molecule has 0 fully saturated rings. The summed E-state index contributed by atoms with van der Waals surface area (Å²) in [5.41, 5.74) is 5.11. The zero-order valence-electron chi connectivity index (χ0n) is 14.0. The molecule has 21 heavy (non-hydrogen) atoms. The summed E-state index contributed by atoms with van der Waals surface area (Å²) in [5, 5.41) is 4.83. The van der Waals surface area contributed by atoms with Gasteiger partial charge in [0.2, 0.25) is 0 Å². The number of pyridine rings is 1. The first-order chi connectivity index (χ1) is 10.0. The lowest BCUT2D eigenvalue weighted by atomic mass is 9.95. The van der Waals surface area contributed by atoms with E-state index in [1.807, 2.05) is 0 Å². The van der Waals surface area contributed by atoms with E-state index in [0.29, 0.717) is 11.8 Å². The van der Waals surface area contributed by atoms with Gasteiger partial charge in [-0.25, -0.2) is 0 Å². The van der Waals surface area contributed by atoms with Gasteiger partial charge in [0.15, 0.2) is 0 Å². The van der Waals surface area contributed by atoms with E-state index in [-0.39, 0.29) is 0 Å². The number of benzene rings is 1. The molecule has 0 bridgehead atoms. The quantitative estimate of drug-likeness (QED) is 0.757. The van der Waals surface area contributed by atoms with Gasteiger partial charge in [-0.3, -0.25) is 4.98 Å². The van der Waals surface area contributed by atoms with E-state index in [1.165, 1.54) is 27.7 Å². The molecule has 1 aromatic heterocycles. The second-order valence-electron chi connectivity index (χ2n) is 6.44. The molecule has 0 atom stereocenters. The van der Waals surface area contributed by atoms with Crippen LogP contribution in [-0.2, 0) is 6.54 Å². The van der Waals surface area contributed by atoms with Gasteiger partial charge in [0, 0.05) is 17.6 Å². The fourth-order valence-corrected chi connectivity index (χ4v) is 2.67. The molecule has 0 unspecified atom stereocenters. The average Bonchev–Trinajstić information content (AvgIpc) is 2.46. The van der Waals surface area contributed by atoms with Crippen molar-refractivity contribution in [3.63, 3.8) is 0 Å². The minimum absolute atomic E-state index is 0.458. The number of nitrogens with one attached hydrogen (secondary N) is 1. The third kappa shape index (κ3) is 3.62. The Balaban J connectivity index is 2.57. The molecule has 0 radical (unpaired) electrons. The Labute approximate surface area is 129 Å². The first-order valence-corrected chi connectivity index (χ1v) is 8.17. The summed E-state index contributed by atoms with van der Waals surface area (Å²) in [5.74, 6) is 0.958. The topological polar surface area (TPSA) is 24.9 Å². The summed E-state index contributed by atoms with van der Waals surface area (Å²) in [4.78, 5) is 4.96. The lowest BCUT2D eigenvalue weighted by Crippen LogP contribution is -2.15. The van der Waals surface area contributed by atoms with Crippen molar-refractivity contribution < 1.29 is 0 Å². The minimum Gasteiger partial charge on any atom is -0.313 e. The molecule has 0 aliphatic rings. The maximum Gasteiger partial charge on any atom is 0.0743 e. The molecule has 0 amide bonds. The third-order valence-corrected chi connectivity index (χ3v) is 3.93. The van der Waals surface area contributed by atoms with Crippen molar-refractivity contribution in [3.8, 4) is 0 Å². The number of fused-ring (bicyclic) bond motifs is 1. The highest BCUT2D eigenvalue weighted by molar-refractivity contribution is 5.85. The van der Waals surface area contributed by atoms with Gasteiger partial charge < -0.3 is 5.32 Å². The Morgan fingerprint density at radius 3 is 2.48 bits per heavy atom. The van der Waals surface area contributed by atoms with Gasteiger partial charge in [-0.2, -0.15) is 0 Å². The summed E-state index contributed by atoms with van der Waals surface area (Å²) >= 11 is 0. The van der Waals surface area contributed by atoms with Crippen molar-refractivity contribution in [2.45, 2.75) is 59.4 Å². The second-order valence-corrected chi connectivity index (χ2v) is 6.44. The summed E-state index contributed by atoms with van der Waals surface area (Å²) < 4.78 is 0. The fourth-order valence-electron chi connectivity index (χ4n) is 2.67. The van der Waals surface area contributed by atoms with Crippen LogP contribution in [0.1, 0.15) is 69.7 Å². The molecule has 2 nitrogen and oxygen atoms in total. The molecule has 1 heterocycles. The van der Waals surface area contributed by atoms with E-state index in [0.717, 1.165) is 19.5 Å². The summed E-state index contributed by atoms with van der Waals surface area (Å²) in [6.07, 6.45) is 1.16. The number of rotatable bonds is 6. The van der Waals surface area contributed by atoms with Crippen LogP contribution >= 0.6 is 0 Å². The standard InChI is InChI=1S/C19H28N2/c1-6-10-20-12-15-11-18(14(4)5)21-19-16(13(2)3)8-7-9-17(15)19/h7-9,11,13-14,20H,6,10,12H2,1-5H3. The van der Waals surface area contributed by atoms with Crippen molar-refractivity contribution in [1.29, 1.82) is 0 Å². The third-order valence-electron chi connectivity index (χ3n) is 3.93. The van der Waals surface area contributed by atoms with Crippen LogP contribution in [0.2, 0.25) is 0 Å². The molecule has 2 heteroatoms. The van der Waals surface area contributed by atoms with Crippen molar-refractivity contribution in [3.05, 3.63) is 41.1 Å². The van der Waals surface area contributed by atoms with Crippen molar-refractivity contribution in [1.82, 2.24) is 10.3 Å². The highest BCUT2D eigenvalue weighted by Gasteiger charge is 2.12. The molecule has 0 aliphatic carbocycles. The van der Waals surface area contributed by atoms with Crippen LogP contribution in [0.25, 0.3) is 10.9 Å². The predicted octanol–water partition coefficient (Wildman–Crippen LogP) is 4.98. The van der Waals surface area contributed by atoms with Crippen LogP contribution in [0.4, 0.5) is 0 Å². The van der Waals surface area contributed by atoms with Crippen molar-refractivity contribution in [2.75, 3.05) is 6.54 Å². The molecule has 0 saturated heterocycles. The van der Waals surface area contributed by atoms with Crippen LogP contribution in [-0.4, -0.2) is 11.5 Å². The van der Waals surface area contributed by atoms with Crippen molar-refractivity contribution >= 4 is 10.9 Å². The van der Waals surface area contributed by atoms with E-state index in [1.54, 1.807) is 0 Å². The Bertz CT molecular complexity index is 600. The Morgan fingerprint density at radius 2 is 1.86 bits per heavy atom. The largest absolute Gasteiger partial charge is 0.313 e. The zero-order valence-corrected chi connectivity index (χ0v) is 14.0. The molecular weight excluding hydrogens is 256 g/mol. The Kier molecular flexibility index (Phi) is 5.35. The maximum absolute atomic E-state index is 4.96. The number of para-hydroxylation sites is 1. The average molecular weight is 284 g/mol. The minimum atomic E-state index is 0.458. The lowest BCUT2D eigenvalue weighted by molar-refractivity contribution is 0.676. The van der Waals surface area contributed by atoms with Crippen LogP contribution in [0.5, 0.6) is 0 Å². The zero-order chi connectivity index (χ0) is 15.4. The molecular formula is C19H28N2. The molecule has 2 rings (SSSR count). The van der Waals surface area contributed by atoms with Crippen molar-refractivity contribution in [2.24, 2.45) is 0 Å². The molecule has 0 aliphatic heterocycles. The van der Waals surface area contributed by atoms with Gasteiger partial charge in [-0.15, -0.1) is 0 Å². The first-order valence-electron chi connectivity index (χ1n) is 8.17. The van der Waals surface area contributed by atoms with E-state index in [9.17, 15) is 0 Å². The molecule has 1 N–H and O–H groups in total. The van der Waals surface area contributed by atoms with Crippen LogP contribution in [0.15, 0.2) is 24.3 Å². The van der Waals surface area contributed by atoms with Crippen LogP contribution < -0.4 is 5.32 Å². The number of aromatic nitrogens is 1. The smallest absolute Gasteiger partial charge is 0.0743 e. The highest BCUT2D eigenvalue weighted by Crippen LogP contribution is 2.28.